The lowest BCUT2D eigenvalue weighted by atomic mass is 9.95. The number of benzene rings is 2. The van der Waals surface area contributed by atoms with Crippen LogP contribution in [0.4, 0.5) is 0 Å². The molecule has 2 aromatic carbocycles. The van der Waals surface area contributed by atoms with Crippen LogP contribution in [0.1, 0.15) is 24.4 Å². The zero-order valence-electron chi connectivity index (χ0n) is 18.5. The average Bonchev–Trinajstić information content (AvgIpc) is 3.30. The van der Waals surface area contributed by atoms with Crippen molar-refractivity contribution >= 4 is 34.5 Å². The van der Waals surface area contributed by atoms with Gasteiger partial charge in [-0.25, -0.2) is 0 Å². The van der Waals surface area contributed by atoms with Crippen LogP contribution in [0.5, 0.6) is 11.5 Å². The molecule has 0 fully saturated rings. The molecule has 9 heteroatoms. The Hall–Kier alpha value is -3.36. The fourth-order valence-electron chi connectivity index (χ4n) is 3.77. The summed E-state index contributed by atoms with van der Waals surface area (Å²) in [4.78, 5) is 6.65. The van der Waals surface area contributed by atoms with Crippen LogP contribution in [0.2, 0.25) is 5.02 Å². The molecule has 33 heavy (non-hydrogen) atoms. The van der Waals surface area contributed by atoms with E-state index in [-0.39, 0.29) is 6.04 Å². The van der Waals surface area contributed by atoms with Crippen molar-refractivity contribution in [3.63, 3.8) is 0 Å². The van der Waals surface area contributed by atoms with Crippen LogP contribution in [-0.2, 0) is 0 Å². The van der Waals surface area contributed by atoms with E-state index in [1.807, 2.05) is 42.2 Å². The Kier molecular flexibility index (Phi) is 6.67. The maximum Gasteiger partial charge on any atom is 0.258 e. The molecule has 1 N–H and O–H groups in total. The highest BCUT2D eigenvalue weighted by atomic mass is 35.5. The molecule has 7 nitrogen and oxygen atoms in total. The monoisotopic (exact) mass is 482 g/mol. The van der Waals surface area contributed by atoms with Crippen LogP contribution < -0.4 is 14.8 Å². The number of hydrogen-bond acceptors (Lipinski definition) is 6. The largest absolute Gasteiger partial charge is 0.493 e. The Morgan fingerprint density at radius 3 is 2.70 bits per heavy atom. The summed E-state index contributed by atoms with van der Waals surface area (Å²) < 4.78 is 16.5. The van der Waals surface area contributed by atoms with Gasteiger partial charge < -0.3 is 24.2 Å². The Morgan fingerprint density at radius 1 is 1.21 bits per heavy atom. The molecule has 0 saturated carbocycles. The van der Waals surface area contributed by atoms with E-state index in [0.29, 0.717) is 39.9 Å². The van der Waals surface area contributed by atoms with Crippen molar-refractivity contribution in [3.8, 4) is 22.9 Å². The summed E-state index contributed by atoms with van der Waals surface area (Å²) >= 11 is 11.9. The normalized spacial score (nSPS) is 15.9. The van der Waals surface area contributed by atoms with Gasteiger partial charge in [0, 0.05) is 22.8 Å². The molecule has 1 atom stereocenters. The zero-order valence-corrected chi connectivity index (χ0v) is 20.0. The third-order valence-electron chi connectivity index (χ3n) is 5.39. The standard InChI is InChI=1S/C24H23ClN4O3S/c1-5-11-29-14(2)20(21(26-24(29)33)15-7-6-8-17(25)12-15)23-27-22(28-32-23)16-9-10-18(30-3)19(13-16)31-4/h5-10,12-13,21H,1,11H2,2-4H3,(H,26,33). The first kappa shape index (κ1) is 22.8. The van der Waals surface area contributed by atoms with E-state index in [4.69, 9.17) is 42.8 Å². The summed E-state index contributed by atoms with van der Waals surface area (Å²) in [6, 6.07) is 12.7. The number of hydrogen-bond donors (Lipinski definition) is 1. The first-order valence-electron chi connectivity index (χ1n) is 10.2. The van der Waals surface area contributed by atoms with Crippen molar-refractivity contribution in [1.29, 1.82) is 0 Å². The molecule has 0 spiro atoms. The van der Waals surface area contributed by atoms with Gasteiger partial charge in [-0.05, 0) is 55.0 Å². The van der Waals surface area contributed by atoms with E-state index in [0.717, 1.165) is 22.4 Å². The van der Waals surface area contributed by atoms with Crippen LogP contribution in [0.3, 0.4) is 0 Å². The van der Waals surface area contributed by atoms with Crippen LogP contribution in [0, 0.1) is 0 Å². The molecule has 1 unspecified atom stereocenters. The topological polar surface area (TPSA) is 72.7 Å². The first-order valence-corrected chi connectivity index (χ1v) is 11.0. The van der Waals surface area contributed by atoms with Gasteiger partial charge in [0.2, 0.25) is 5.82 Å². The Labute approximate surface area is 202 Å². The van der Waals surface area contributed by atoms with E-state index in [1.165, 1.54) is 0 Å². The number of rotatable bonds is 7. The molecule has 0 radical (unpaired) electrons. The smallest absolute Gasteiger partial charge is 0.258 e. The van der Waals surface area contributed by atoms with Crippen LogP contribution in [0.15, 0.2) is 65.3 Å². The zero-order chi connectivity index (χ0) is 23.5. The Bertz CT molecular complexity index is 1240. The Morgan fingerprint density at radius 2 is 2.00 bits per heavy atom. The number of thiocarbonyl (C=S) groups is 1. The molecule has 1 aromatic heterocycles. The molecule has 3 aromatic rings. The number of methoxy groups -OCH3 is 2. The van der Waals surface area contributed by atoms with Crippen molar-refractivity contribution in [2.45, 2.75) is 13.0 Å². The molecular weight excluding hydrogens is 460 g/mol. The number of aromatic nitrogens is 2. The highest BCUT2D eigenvalue weighted by Gasteiger charge is 2.33. The van der Waals surface area contributed by atoms with Crippen molar-refractivity contribution < 1.29 is 14.0 Å². The highest BCUT2D eigenvalue weighted by molar-refractivity contribution is 7.80. The lowest BCUT2D eigenvalue weighted by molar-refractivity contribution is 0.355. The van der Waals surface area contributed by atoms with Gasteiger partial charge in [-0.1, -0.05) is 35.0 Å². The second kappa shape index (κ2) is 9.64. The third kappa shape index (κ3) is 4.44. The third-order valence-corrected chi connectivity index (χ3v) is 5.96. The van der Waals surface area contributed by atoms with Crippen LogP contribution in [0.25, 0.3) is 17.0 Å². The molecule has 0 amide bonds. The molecule has 4 rings (SSSR count). The van der Waals surface area contributed by atoms with Crippen molar-refractivity contribution in [3.05, 3.63) is 77.3 Å². The number of allylic oxidation sites excluding steroid dienone is 1. The van der Waals surface area contributed by atoms with Gasteiger partial charge in [0.05, 0.1) is 25.8 Å². The van der Waals surface area contributed by atoms with Gasteiger partial charge in [-0.3, -0.25) is 0 Å². The summed E-state index contributed by atoms with van der Waals surface area (Å²) in [5.41, 5.74) is 3.38. The summed E-state index contributed by atoms with van der Waals surface area (Å²) in [5, 5.41) is 8.82. The van der Waals surface area contributed by atoms with E-state index in [9.17, 15) is 0 Å². The minimum atomic E-state index is -0.309. The lowest BCUT2D eigenvalue weighted by Crippen LogP contribution is -2.45. The lowest BCUT2D eigenvalue weighted by Gasteiger charge is -2.36. The number of ether oxygens (including phenoxy) is 2. The van der Waals surface area contributed by atoms with Gasteiger partial charge >= 0.3 is 0 Å². The van der Waals surface area contributed by atoms with E-state index in [1.54, 1.807) is 32.4 Å². The maximum atomic E-state index is 6.27. The number of halogens is 1. The molecule has 1 aliphatic rings. The molecule has 0 aliphatic carbocycles. The minimum Gasteiger partial charge on any atom is -0.493 e. The first-order chi connectivity index (χ1) is 16.0. The Balaban J connectivity index is 1.81. The van der Waals surface area contributed by atoms with Gasteiger partial charge in [-0.15, -0.1) is 6.58 Å². The second-order valence-corrected chi connectivity index (χ2v) is 8.15. The fourth-order valence-corrected chi connectivity index (χ4v) is 4.30. The molecule has 170 valence electrons. The number of nitrogens with zero attached hydrogens (tertiary/aromatic N) is 3. The van der Waals surface area contributed by atoms with Crippen molar-refractivity contribution in [2.24, 2.45) is 0 Å². The average molecular weight is 483 g/mol. The summed E-state index contributed by atoms with van der Waals surface area (Å²) in [7, 11) is 3.17. The van der Waals surface area contributed by atoms with E-state index in [2.05, 4.69) is 17.1 Å². The molecule has 2 heterocycles. The van der Waals surface area contributed by atoms with E-state index < -0.39 is 0 Å². The van der Waals surface area contributed by atoms with Gasteiger partial charge in [0.25, 0.3) is 5.89 Å². The summed E-state index contributed by atoms with van der Waals surface area (Å²) in [6.07, 6.45) is 1.79. The fraction of sp³-hybridized carbons (Fsp3) is 0.208. The second-order valence-electron chi connectivity index (χ2n) is 7.33. The molecular formula is C24H23ClN4O3S. The van der Waals surface area contributed by atoms with Crippen molar-refractivity contribution in [1.82, 2.24) is 20.4 Å². The van der Waals surface area contributed by atoms with Gasteiger partial charge in [-0.2, -0.15) is 4.98 Å². The quantitative estimate of drug-likeness (QED) is 0.361. The highest BCUT2D eigenvalue weighted by Crippen LogP contribution is 2.38. The predicted octanol–water partition coefficient (Wildman–Crippen LogP) is 5.26. The molecule has 0 saturated heterocycles. The molecule has 1 aliphatic heterocycles. The molecule has 0 bridgehead atoms. The maximum absolute atomic E-state index is 6.27. The van der Waals surface area contributed by atoms with Crippen LogP contribution in [-0.4, -0.2) is 40.9 Å². The SMILES string of the molecule is C=CCN1C(=S)NC(c2cccc(Cl)c2)C(c2nc(-c3ccc(OC)c(OC)c3)no2)=C1C. The van der Waals surface area contributed by atoms with Crippen molar-refractivity contribution in [2.75, 3.05) is 20.8 Å². The number of nitrogens with one attached hydrogen (secondary N) is 1. The predicted molar refractivity (Wildman–Crippen MR) is 132 cm³/mol. The van der Waals surface area contributed by atoms with Gasteiger partial charge in [0.15, 0.2) is 16.6 Å². The van der Waals surface area contributed by atoms with Gasteiger partial charge in [0.1, 0.15) is 0 Å². The van der Waals surface area contributed by atoms with E-state index >= 15 is 0 Å². The summed E-state index contributed by atoms with van der Waals surface area (Å²) in [5.74, 6) is 2.01. The minimum absolute atomic E-state index is 0.309. The summed E-state index contributed by atoms with van der Waals surface area (Å²) in [6.45, 7) is 6.36. The van der Waals surface area contributed by atoms with Crippen LogP contribution >= 0.6 is 23.8 Å².